The molecular formula is C18H20ClN5OS. The zero-order valence-electron chi connectivity index (χ0n) is 14.3. The molecule has 1 aromatic carbocycles. The minimum atomic E-state index is -0.218. The lowest BCUT2D eigenvalue weighted by Crippen LogP contribution is -2.35. The van der Waals surface area contributed by atoms with Gasteiger partial charge in [0.25, 0.3) is 0 Å². The number of carbonyl (C=O) groups is 1. The molecule has 8 heteroatoms. The lowest BCUT2D eigenvalue weighted by atomic mass is 9.93. The predicted octanol–water partition coefficient (Wildman–Crippen LogP) is 3.59. The van der Waals surface area contributed by atoms with E-state index in [-0.39, 0.29) is 5.91 Å². The SMILES string of the molecule is NC(=O)CCC1CCCN(c2nn3cc(-c4ccc(Cl)cc4)nc3s2)C1. The standard InChI is InChI=1S/C18H20ClN5OS/c19-14-6-4-13(5-7-14)15-11-24-17(21-15)26-18(22-24)23-9-1-2-12(10-23)3-8-16(20)25/h4-7,11-12H,1-3,8-10H2,(H2,20,25). The first-order valence-corrected chi connectivity index (χ1v) is 9.93. The van der Waals surface area contributed by atoms with Crippen molar-refractivity contribution in [2.75, 3.05) is 18.0 Å². The highest BCUT2D eigenvalue weighted by molar-refractivity contribution is 7.20. The van der Waals surface area contributed by atoms with Gasteiger partial charge in [0.15, 0.2) is 0 Å². The Bertz CT molecular complexity index is 888. The quantitative estimate of drug-likeness (QED) is 0.723. The molecule has 1 aliphatic heterocycles. The van der Waals surface area contributed by atoms with Gasteiger partial charge < -0.3 is 10.6 Å². The van der Waals surface area contributed by atoms with Crippen molar-refractivity contribution < 1.29 is 4.79 Å². The average molecular weight is 390 g/mol. The highest BCUT2D eigenvalue weighted by Gasteiger charge is 2.23. The lowest BCUT2D eigenvalue weighted by molar-refractivity contribution is -0.118. The maximum absolute atomic E-state index is 11.0. The summed E-state index contributed by atoms with van der Waals surface area (Å²) >= 11 is 7.55. The van der Waals surface area contributed by atoms with Crippen LogP contribution in [0, 0.1) is 5.92 Å². The van der Waals surface area contributed by atoms with Crippen LogP contribution in [0.5, 0.6) is 0 Å². The van der Waals surface area contributed by atoms with Gasteiger partial charge in [0, 0.05) is 30.1 Å². The van der Waals surface area contributed by atoms with Gasteiger partial charge in [0.05, 0.1) is 11.9 Å². The molecule has 0 bridgehead atoms. The molecule has 1 atom stereocenters. The number of amides is 1. The van der Waals surface area contributed by atoms with Crippen LogP contribution in [0.3, 0.4) is 0 Å². The van der Waals surface area contributed by atoms with Crippen molar-refractivity contribution >= 4 is 38.9 Å². The number of anilines is 1. The van der Waals surface area contributed by atoms with Crippen LogP contribution in [0.4, 0.5) is 5.13 Å². The summed E-state index contributed by atoms with van der Waals surface area (Å²) in [6.45, 7) is 1.92. The summed E-state index contributed by atoms with van der Waals surface area (Å²) in [6, 6.07) is 7.65. The van der Waals surface area contributed by atoms with Gasteiger partial charge in [-0.25, -0.2) is 9.50 Å². The van der Waals surface area contributed by atoms with E-state index in [0.717, 1.165) is 53.7 Å². The van der Waals surface area contributed by atoms with Gasteiger partial charge in [-0.2, -0.15) is 0 Å². The summed E-state index contributed by atoms with van der Waals surface area (Å²) in [5.74, 6) is 0.279. The van der Waals surface area contributed by atoms with Crippen molar-refractivity contribution in [3.05, 3.63) is 35.5 Å². The van der Waals surface area contributed by atoms with Crippen LogP contribution in [-0.4, -0.2) is 33.6 Å². The molecule has 2 N–H and O–H groups in total. The molecule has 1 amide bonds. The van der Waals surface area contributed by atoms with Crippen molar-refractivity contribution in [1.82, 2.24) is 14.6 Å². The molecule has 1 aliphatic rings. The zero-order chi connectivity index (χ0) is 18.1. The Labute approximate surface area is 160 Å². The Morgan fingerprint density at radius 3 is 2.88 bits per heavy atom. The predicted molar refractivity (Wildman–Crippen MR) is 105 cm³/mol. The molecule has 1 fully saturated rings. The minimum Gasteiger partial charge on any atom is -0.370 e. The summed E-state index contributed by atoms with van der Waals surface area (Å²) in [7, 11) is 0. The van der Waals surface area contributed by atoms with E-state index in [1.165, 1.54) is 0 Å². The highest BCUT2D eigenvalue weighted by atomic mass is 35.5. The first-order valence-electron chi connectivity index (χ1n) is 8.74. The Hall–Kier alpha value is -2.12. The second kappa shape index (κ2) is 7.25. The van der Waals surface area contributed by atoms with Gasteiger partial charge in [0.2, 0.25) is 16.0 Å². The van der Waals surface area contributed by atoms with Crippen LogP contribution >= 0.6 is 22.9 Å². The van der Waals surface area contributed by atoms with Gasteiger partial charge >= 0.3 is 0 Å². The maximum atomic E-state index is 11.0. The number of halogens is 1. The molecule has 0 aliphatic carbocycles. The van der Waals surface area contributed by atoms with E-state index < -0.39 is 0 Å². The van der Waals surface area contributed by atoms with Crippen molar-refractivity contribution in [2.24, 2.45) is 11.7 Å². The molecule has 0 saturated carbocycles. The Kier molecular flexibility index (Phi) is 4.82. The number of nitrogens with zero attached hydrogens (tertiary/aromatic N) is 4. The number of hydrogen-bond acceptors (Lipinski definition) is 5. The van der Waals surface area contributed by atoms with E-state index in [0.29, 0.717) is 17.4 Å². The number of benzene rings is 1. The minimum absolute atomic E-state index is 0.218. The van der Waals surface area contributed by atoms with E-state index in [4.69, 9.17) is 27.4 Å². The fourth-order valence-electron chi connectivity index (χ4n) is 3.40. The van der Waals surface area contributed by atoms with Crippen LogP contribution in [0.1, 0.15) is 25.7 Å². The molecule has 1 unspecified atom stereocenters. The van der Waals surface area contributed by atoms with Crippen LogP contribution in [-0.2, 0) is 4.79 Å². The topological polar surface area (TPSA) is 76.5 Å². The Morgan fingerprint density at radius 2 is 2.15 bits per heavy atom. The zero-order valence-corrected chi connectivity index (χ0v) is 15.8. The first kappa shape index (κ1) is 17.3. The van der Waals surface area contributed by atoms with E-state index >= 15 is 0 Å². The molecule has 2 aromatic heterocycles. The monoisotopic (exact) mass is 389 g/mol. The summed E-state index contributed by atoms with van der Waals surface area (Å²) in [5, 5.41) is 6.41. The molecular weight excluding hydrogens is 370 g/mol. The summed E-state index contributed by atoms with van der Waals surface area (Å²) in [5.41, 5.74) is 7.20. The van der Waals surface area contributed by atoms with Crippen LogP contribution in [0.15, 0.2) is 30.5 Å². The summed E-state index contributed by atoms with van der Waals surface area (Å²) in [4.78, 5) is 18.9. The second-order valence-corrected chi connectivity index (χ2v) is 8.07. The smallest absolute Gasteiger partial charge is 0.217 e. The van der Waals surface area contributed by atoms with E-state index in [1.54, 1.807) is 11.3 Å². The number of hydrogen-bond donors (Lipinski definition) is 1. The molecule has 1 saturated heterocycles. The first-order chi connectivity index (χ1) is 12.6. The van der Waals surface area contributed by atoms with Gasteiger partial charge in [0.1, 0.15) is 0 Å². The Balaban J connectivity index is 1.50. The number of piperidine rings is 1. The van der Waals surface area contributed by atoms with Crippen LogP contribution < -0.4 is 10.6 Å². The molecule has 6 nitrogen and oxygen atoms in total. The van der Waals surface area contributed by atoms with Gasteiger partial charge in [-0.15, -0.1) is 5.10 Å². The van der Waals surface area contributed by atoms with E-state index in [2.05, 4.69) is 4.90 Å². The number of primary amides is 1. The molecule has 4 rings (SSSR count). The maximum Gasteiger partial charge on any atom is 0.217 e. The van der Waals surface area contributed by atoms with E-state index in [1.807, 2.05) is 35.0 Å². The third kappa shape index (κ3) is 3.68. The molecule has 26 heavy (non-hydrogen) atoms. The van der Waals surface area contributed by atoms with Crippen LogP contribution in [0.25, 0.3) is 16.2 Å². The summed E-state index contributed by atoms with van der Waals surface area (Å²) < 4.78 is 1.84. The van der Waals surface area contributed by atoms with Crippen molar-refractivity contribution in [3.63, 3.8) is 0 Å². The normalized spacial score (nSPS) is 17.7. The largest absolute Gasteiger partial charge is 0.370 e. The highest BCUT2D eigenvalue weighted by Crippen LogP contribution is 2.31. The molecule has 136 valence electrons. The fourth-order valence-corrected chi connectivity index (χ4v) is 4.44. The average Bonchev–Trinajstić information content (AvgIpc) is 3.20. The van der Waals surface area contributed by atoms with Crippen molar-refractivity contribution in [2.45, 2.75) is 25.7 Å². The fraction of sp³-hybridized carbons (Fsp3) is 0.389. The number of nitrogens with two attached hydrogens (primary N) is 1. The molecule has 3 aromatic rings. The molecule has 3 heterocycles. The number of aromatic nitrogens is 3. The Morgan fingerprint density at radius 1 is 1.35 bits per heavy atom. The van der Waals surface area contributed by atoms with Gasteiger partial charge in [-0.3, -0.25) is 4.79 Å². The molecule has 0 radical (unpaired) electrons. The number of imidazole rings is 1. The number of fused-ring (bicyclic) bond motifs is 1. The van der Waals surface area contributed by atoms with Crippen molar-refractivity contribution in [3.8, 4) is 11.3 Å². The van der Waals surface area contributed by atoms with Crippen LogP contribution in [0.2, 0.25) is 5.02 Å². The lowest BCUT2D eigenvalue weighted by Gasteiger charge is -2.32. The van der Waals surface area contributed by atoms with E-state index in [9.17, 15) is 4.79 Å². The van der Waals surface area contributed by atoms with Crippen molar-refractivity contribution in [1.29, 1.82) is 0 Å². The second-order valence-electron chi connectivity index (χ2n) is 6.70. The number of rotatable bonds is 5. The van der Waals surface area contributed by atoms with Gasteiger partial charge in [-0.1, -0.05) is 35.1 Å². The third-order valence-electron chi connectivity index (χ3n) is 4.76. The van der Waals surface area contributed by atoms with Gasteiger partial charge in [-0.05, 0) is 37.3 Å². The number of carbonyl (C=O) groups excluding carboxylic acids is 1. The summed E-state index contributed by atoms with van der Waals surface area (Å²) in [6.07, 6.45) is 5.53. The third-order valence-corrected chi connectivity index (χ3v) is 6.00. The molecule has 0 spiro atoms.